The average Bonchev–Trinajstić information content (AvgIpc) is 2.46. The maximum absolute atomic E-state index is 9.10. The van der Waals surface area contributed by atoms with Crippen molar-refractivity contribution < 1.29 is 0 Å². The van der Waals surface area contributed by atoms with E-state index in [0.717, 1.165) is 24.9 Å². The summed E-state index contributed by atoms with van der Waals surface area (Å²) >= 11 is 0. The van der Waals surface area contributed by atoms with Crippen LogP contribution in [0.1, 0.15) is 36.8 Å². The van der Waals surface area contributed by atoms with Crippen molar-refractivity contribution >= 4 is 0 Å². The summed E-state index contributed by atoms with van der Waals surface area (Å²) in [5, 5.41) is 21.3. The van der Waals surface area contributed by atoms with E-state index in [1.54, 1.807) is 0 Å². The zero-order chi connectivity index (χ0) is 12.8. The molecule has 3 heteroatoms. The summed E-state index contributed by atoms with van der Waals surface area (Å²) in [6.07, 6.45) is 4.49. The van der Waals surface area contributed by atoms with Crippen LogP contribution in [0.4, 0.5) is 0 Å². The van der Waals surface area contributed by atoms with Crippen LogP contribution >= 0.6 is 0 Å². The number of nitrogens with zero attached hydrogens (tertiary/aromatic N) is 2. The van der Waals surface area contributed by atoms with Crippen LogP contribution in [0.3, 0.4) is 0 Å². The average molecular weight is 239 g/mol. The normalized spacial score (nSPS) is 23.0. The predicted molar refractivity (Wildman–Crippen MR) is 69.4 cm³/mol. The Morgan fingerprint density at radius 1 is 1.11 bits per heavy atom. The van der Waals surface area contributed by atoms with Crippen molar-refractivity contribution in [3.8, 4) is 12.1 Å². The molecule has 0 bridgehead atoms. The predicted octanol–water partition coefficient (Wildman–Crippen LogP) is 2.73. The van der Waals surface area contributed by atoms with Gasteiger partial charge in [0.15, 0.2) is 0 Å². The van der Waals surface area contributed by atoms with Gasteiger partial charge in [0, 0.05) is 12.6 Å². The maximum atomic E-state index is 9.10. The van der Waals surface area contributed by atoms with E-state index in [-0.39, 0.29) is 5.92 Å². The van der Waals surface area contributed by atoms with Gasteiger partial charge in [0.25, 0.3) is 0 Å². The van der Waals surface area contributed by atoms with Gasteiger partial charge in [-0.25, -0.2) is 0 Å². The first kappa shape index (κ1) is 12.6. The third-order valence-corrected chi connectivity index (χ3v) is 3.58. The molecule has 3 nitrogen and oxygen atoms in total. The zero-order valence-electron chi connectivity index (χ0n) is 10.4. The fraction of sp³-hybridized carbons (Fsp3) is 0.467. The van der Waals surface area contributed by atoms with Crippen LogP contribution in [0.2, 0.25) is 0 Å². The highest BCUT2D eigenvalue weighted by atomic mass is 14.9. The molecule has 18 heavy (non-hydrogen) atoms. The summed E-state index contributed by atoms with van der Waals surface area (Å²) in [5.74, 6) is 0.150. The van der Waals surface area contributed by atoms with E-state index >= 15 is 0 Å². The Balaban J connectivity index is 1.90. The molecule has 1 saturated carbocycles. The molecule has 1 aromatic rings. The Morgan fingerprint density at radius 2 is 1.83 bits per heavy atom. The smallest absolute Gasteiger partial charge is 0.0991 e. The molecule has 0 spiro atoms. The van der Waals surface area contributed by atoms with Crippen molar-refractivity contribution in [3.63, 3.8) is 0 Å². The van der Waals surface area contributed by atoms with E-state index in [1.165, 1.54) is 12.8 Å². The molecule has 2 atom stereocenters. The molecule has 92 valence electrons. The summed E-state index contributed by atoms with van der Waals surface area (Å²) in [6.45, 7) is 0.772. The van der Waals surface area contributed by atoms with Crippen molar-refractivity contribution in [1.29, 1.82) is 10.5 Å². The Hall–Kier alpha value is -1.84. The fourth-order valence-electron chi connectivity index (χ4n) is 2.48. The van der Waals surface area contributed by atoms with Gasteiger partial charge < -0.3 is 5.32 Å². The molecule has 1 aliphatic carbocycles. The first-order valence-electron chi connectivity index (χ1n) is 6.45. The van der Waals surface area contributed by atoms with Gasteiger partial charge in [0.1, 0.15) is 0 Å². The summed E-state index contributed by atoms with van der Waals surface area (Å²) in [7, 11) is 0. The minimum atomic E-state index is 0.150. The molecule has 0 aromatic heterocycles. The molecule has 0 radical (unpaired) electrons. The number of benzene rings is 1. The summed E-state index contributed by atoms with van der Waals surface area (Å²) in [6, 6.07) is 12.4. The van der Waals surface area contributed by atoms with E-state index in [0.29, 0.717) is 11.6 Å². The highest BCUT2D eigenvalue weighted by Crippen LogP contribution is 2.24. The van der Waals surface area contributed by atoms with Crippen molar-refractivity contribution in [2.24, 2.45) is 5.92 Å². The molecule has 0 heterocycles. The SMILES string of the molecule is N#Cc1ccc(CNC2CCCCC2C#N)cc1. The van der Waals surface area contributed by atoms with Crippen molar-refractivity contribution in [1.82, 2.24) is 5.32 Å². The first-order chi connectivity index (χ1) is 8.83. The molecule has 1 aliphatic rings. The van der Waals surface area contributed by atoms with Gasteiger partial charge in [0.2, 0.25) is 0 Å². The minimum absolute atomic E-state index is 0.150. The Bertz CT molecular complexity index is 464. The molecular weight excluding hydrogens is 222 g/mol. The van der Waals surface area contributed by atoms with Crippen molar-refractivity contribution in [3.05, 3.63) is 35.4 Å². The Morgan fingerprint density at radius 3 is 2.50 bits per heavy atom. The lowest BCUT2D eigenvalue weighted by Gasteiger charge is -2.27. The van der Waals surface area contributed by atoms with Gasteiger partial charge in [-0.3, -0.25) is 0 Å². The van der Waals surface area contributed by atoms with E-state index in [9.17, 15) is 0 Å². The largest absolute Gasteiger partial charge is 0.309 e. The molecule has 1 aromatic carbocycles. The quantitative estimate of drug-likeness (QED) is 0.882. The highest BCUT2D eigenvalue weighted by molar-refractivity contribution is 5.31. The van der Waals surface area contributed by atoms with E-state index in [1.807, 2.05) is 24.3 Å². The monoisotopic (exact) mass is 239 g/mol. The van der Waals surface area contributed by atoms with E-state index < -0.39 is 0 Å². The lowest BCUT2D eigenvalue weighted by Crippen LogP contribution is -2.37. The van der Waals surface area contributed by atoms with E-state index in [2.05, 4.69) is 17.5 Å². The Labute approximate surface area is 108 Å². The molecule has 2 rings (SSSR count). The number of hydrogen-bond acceptors (Lipinski definition) is 3. The first-order valence-corrected chi connectivity index (χ1v) is 6.45. The highest BCUT2D eigenvalue weighted by Gasteiger charge is 2.23. The van der Waals surface area contributed by atoms with Gasteiger partial charge in [-0.2, -0.15) is 10.5 Å². The van der Waals surface area contributed by atoms with Crippen LogP contribution in [-0.2, 0) is 6.54 Å². The fourth-order valence-corrected chi connectivity index (χ4v) is 2.48. The second-order valence-electron chi connectivity index (χ2n) is 4.82. The van der Waals surface area contributed by atoms with Gasteiger partial charge in [0.05, 0.1) is 23.6 Å². The zero-order valence-corrected chi connectivity index (χ0v) is 10.4. The number of nitriles is 2. The van der Waals surface area contributed by atoms with Crippen LogP contribution < -0.4 is 5.32 Å². The molecule has 0 aliphatic heterocycles. The van der Waals surface area contributed by atoms with Crippen LogP contribution in [-0.4, -0.2) is 6.04 Å². The summed E-state index contributed by atoms with van der Waals surface area (Å²) in [5.41, 5.74) is 1.85. The van der Waals surface area contributed by atoms with Gasteiger partial charge in [-0.05, 0) is 30.5 Å². The second kappa shape index (κ2) is 6.19. The maximum Gasteiger partial charge on any atom is 0.0991 e. The summed E-state index contributed by atoms with van der Waals surface area (Å²) in [4.78, 5) is 0. The van der Waals surface area contributed by atoms with Crippen molar-refractivity contribution in [2.75, 3.05) is 0 Å². The summed E-state index contributed by atoms with van der Waals surface area (Å²) < 4.78 is 0. The van der Waals surface area contributed by atoms with Crippen molar-refractivity contribution in [2.45, 2.75) is 38.3 Å². The Kier molecular flexibility index (Phi) is 4.34. The van der Waals surface area contributed by atoms with Crippen LogP contribution in [0.15, 0.2) is 24.3 Å². The van der Waals surface area contributed by atoms with Crippen LogP contribution in [0.25, 0.3) is 0 Å². The second-order valence-corrected chi connectivity index (χ2v) is 4.82. The molecule has 2 unspecified atom stereocenters. The molecular formula is C15H17N3. The molecule has 0 amide bonds. The lowest BCUT2D eigenvalue weighted by molar-refractivity contribution is 0.311. The molecule has 0 saturated heterocycles. The third kappa shape index (κ3) is 3.09. The topological polar surface area (TPSA) is 59.6 Å². The van der Waals surface area contributed by atoms with Crippen LogP contribution in [0.5, 0.6) is 0 Å². The molecule has 1 fully saturated rings. The van der Waals surface area contributed by atoms with Gasteiger partial charge in [-0.1, -0.05) is 25.0 Å². The van der Waals surface area contributed by atoms with E-state index in [4.69, 9.17) is 10.5 Å². The number of rotatable bonds is 3. The minimum Gasteiger partial charge on any atom is -0.309 e. The molecule has 1 N–H and O–H groups in total. The third-order valence-electron chi connectivity index (χ3n) is 3.58. The van der Waals surface area contributed by atoms with Gasteiger partial charge >= 0.3 is 0 Å². The van der Waals surface area contributed by atoms with Crippen LogP contribution in [0, 0.1) is 28.6 Å². The van der Waals surface area contributed by atoms with Gasteiger partial charge in [-0.15, -0.1) is 0 Å². The lowest BCUT2D eigenvalue weighted by atomic mass is 9.85. The number of nitrogens with one attached hydrogen (secondary N) is 1. The standard InChI is InChI=1S/C15H17N3/c16-9-12-5-7-13(8-6-12)11-18-15-4-2-1-3-14(15)10-17/h5-8,14-15,18H,1-4,11H2. The number of hydrogen-bond donors (Lipinski definition) is 1.